The number of hydrogen-bond donors (Lipinski definition) is 1. The zero-order valence-electron chi connectivity index (χ0n) is 8.23. The highest BCUT2D eigenvalue weighted by Crippen LogP contribution is 2.42. The number of ether oxygens (including phenoxy) is 1. The third-order valence-corrected chi connectivity index (χ3v) is 3.04. The summed E-state index contributed by atoms with van der Waals surface area (Å²) in [7, 11) is 0. The highest BCUT2D eigenvalue weighted by Gasteiger charge is 2.44. The summed E-state index contributed by atoms with van der Waals surface area (Å²) in [5, 5.41) is 9.67. The van der Waals surface area contributed by atoms with Crippen LogP contribution in [0.3, 0.4) is 0 Å². The molecule has 0 aromatic rings. The maximum Gasteiger partial charge on any atom is 0.320 e. The second-order valence-electron chi connectivity index (χ2n) is 3.94. The van der Waals surface area contributed by atoms with Gasteiger partial charge in [0.1, 0.15) is 5.92 Å². The zero-order chi connectivity index (χ0) is 10.6. The Hall–Kier alpha value is -1.61. The Bertz CT molecular complexity index is 477. The van der Waals surface area contributed by atoms with Crippen LogP contribution in [0.25, 0.3) is 0 Å². The Kier molecular flexibility index (Phi) is 1.56. The van der Waals surface area contributed by atoms with Gasteiger partial charge in [-0.25, -0.2) is 0 Å². The lowest BCUT2D eigenvalue weighted by molar-refractivity contribution is -0.153. The minimum Gasteiger partial charge on any atom is -0.431 e. The van der Waals surface area contributed by atoms with Crippen LogP contribution in [0.4, 0.5) is 0 Å². The summed E-state index contributed by atoms with van der Waals surface area (Å²) >= 11 is 0. The van der Waals surface area contributed by atoms with Crippen molar-refractivity contribution >= 4 is 5.97 Å². The number of hydrogen-bond acceptors (Lipinski definition) is 3. The average Bonchev–Trinajstić information content (AvgIpc) is 2.40. The van der Waals surface area contributed by atoms with E-state index in [1.165, 1.54) is 0 Å². The second-order valence-corrected chi connectivity index (χ2v) is 3.94. The molecule has 3 nitrogen and oxygen atoms in total. The van der Waals surface area contributed by atoms with Gasteiger partial charge in [-0.1, -0.05) is 24.3 Å². The summed E-state index contributed by atoms with van der Waals surface area (Å²) in [4.78, 5) is 11.6. The van der Waals surface area contributed by atoms with Gasteiger partial charge in [0.15, 0.2) is 0 Å². The Labute approximate surface area is 87.0 Å². The van der Waals surface area contributed by atoms with Gasteiger partial charge in [-0.05, 0) is 23.6 Å². The Balaban J connectivity index is 2.29. The van der Waals surface area contributed by atoms with E-state index in [1.807, 2.05) is 31.2 Å². The number of cyclic esters (lactones) is 1. The first-order chi connectivity index (χ1) is 7.18. The van der Waals surface area contributed by atoms with Crippen LogP contribution in [0, 0.1) is 5.92 Å². The lowest BCUT2D eigenvalue weighted by Gasteiger charge is -2.19. The SMILES string of the molecule is CC1=CC2=CC=CC1=C1C(O)OC(=O)[C@H]21. The lowest BCUT2D eigenvalue weighted by Crippen LogP contribution is -2.16. The third kappa shape index (κ3) is 1.01. The van der Waals surface area contributed by atoms with Gasteiger partial charge in [-0.15, -0.1) is 0 Å². The van der Waals surface area contributed by atoms with Gasteiger partial charge in [-0.2, -0.15) is 0 Å². The van der Waals surface area contributed by atoms with Gasteiger partial charge in [0.25, 0.3) is 0 Å². The number of rotatable bonds is 0. The molecule has 0 amide bonds. The van der Waals surface area contributed by atoms with E-state index in [0.717, 1.165) is 16.7 Å². The standard InChI is InChI=1S/C12H10O3/c1-6-5-7-3-2-4-8(6)10-9(7)11(13)15-12(10)14/h2-5,9,12,14H,1H3/t9-,12?/m1/s1. The molecule has 3 heteroatoms. The molecule has 1 saturated heterocycles. The Morgan fingerprint density at radius 1 is 1.47 bits per heavy atom. The number of esters is 1. The van der Waals surface area contributed by atoms with E-state index in [-0.39, 0.29) is 5.97 Å². The molecule has 0 radical (unpaired) electrons. The summed E-state index contributed by atoms with van der Waals surface area (Å²) < 4.78 is 4.84. The van der Waals surface area contributed by atoms with Gasteiger partial charge in [0.2, 0.25) is 6.29 Å². The number of carbonyl (C=O) groups is 1. The monoisotopic (exact) mass is 202 g/mol. The van der Waals surface area contributed by atoms with Crippen LogP contribution in [0.2, 0.25) is 0 Å². The summed E-state index contributed by atoms with van der Waals surface area (Å²) in [5.41, 5.74) is 3.59. The quantitative estimate of drug-likeness (QED) is 0.601. The molecule has 0 aromatic carbocycles. The molecule has 1 fully saturated rings. The van der Waals surface area contributed by atoms with Crippen molar-refractivity contribution in [2.24, 2.45) is 5.92 Å². The average molecular weight is 202 g/mol. The van der Waals surface area contributed by atoms with E-state index in [1.54, 1.807) is 0 Å². The molecule has 1 N–H and O–H groups in total. The minimum absolute atomic E-state index is 0.353. The Morgan fingerprint density at radius 2 is 2.27 bits per heavy atom. The van der Waals surface area contributed by atoms with E-state index in [0.29, 0.717) is 5.57 Å². The third-order valence-electron chi connectivity index (χ3n) is 3.04. The van der Waals surface area contributed by atoms with Gasteiger partial charge in [-0.3, -0.25) is 4.79 Å². The summed E-state index contributed by atoms with van der Waals surface area (Å²) in [6, 6.07) is 0. The smallest absolute Gasteiger partial charge is 0.320 e. The topological polar surface area (TPSA) is 46.5 Å². The van der Waals surface area contributed by atoms with E-state index in [4.69, 9.17) is 4.74 Å². The summed E-state index contributed by atoms with van der Waals surface area (Å²) in [6.45, 7) is 1.97. The number of aliphatic hydroxyl groups is 1. The summed E-state index contributed by atoms with van der Waals surface area (Å²) in [5.74, 6) is -0.748. The van der Waals surface area contributed by atoms with Crippen LogP contribution in [0.15, 0.2) is 46.6 Å². The zero-order valence-corrected chi connectivity index (χ0v) is 8.23. The fourth-order valence-corrected chi connectivity index (χ4v) is 2.38. The van der Waals surface area contributed by atoms with Crippen molar-refractivity contribution in [1.29, 1.82) is 0 Å². The lowest BCUT2D eigenvalue weighted by atomic mass is 9.82. The highest BCUT2D eigenvalue weighted by molar-refractivity contribution is 5.86. The van der Waals surface area contributed by atoms with Crippen LogP contribution in [-0.4, -0.2) is 17.4 Å². The van der Waals surface area contributed by atoms with Crippen molar-refractivity contribution in [2.45, 2.75) is 13.2 Å². The van der Waals surface area contributed by atoms with E-state index in [9.17, 15) is 9.90 Å². The molecular formula is C12H10O3. The number of allylic oxidation sites excluding steroid dienone is 6. The van der Waals surface area contributed by atoms with E-state index >= 15 is 0 Å². The fourth-order valence-electron chi connectivity index (χ4n) is 2.38. The first-order valence-corrected chi connectivity index (χ1v) is 4.88. The van der Waals surface area contributed by atoms with Crippen LogP contribution >= 0.6 is 0 Å². The normalized spacial score (nSPS) is 32.3. The molecule has 1 heterocycles. The number of aliphatic hydroxyl groups excluding tert-OH is 1. The number of carbonyl (C=O) groups excluding carboxylic acids is 1. The summed E-state index contributed by atoms with van der Waals surface area (Å²) in [6.07, 6.45) is 6.62. The van der Waals surface area contributed by atoms with Gasteiger partial charge in [0.05, 0.1) is 0 Å². The second kappa shape index (κ2) is 2.70. The predicted molar refractivity (Wildman–Crippen MR) is 53.6 cm³/mol. The molecule has 3 aliphatic carbocycles. The maximum atomic E-state index is 11.6. The van der Waals surface area contributed by atoms with Gasteiger partial charge < -0.3 is 9.84 Å². The maximum absolute atomic E-state index is 11.6. The van der Waals surface area contributed by atoms with Crippen molar-refractivity contribution in [3.8, 4) is 0 Å². The Morgan fingerprint density at radius 3 is 3.07 bits per heavy atom. The van der Waals surface area contributed by atoms with E-state index in [2.05, 4.69) is 0 Å². The van der Waals surface area contributed by atoms with Crippen LogP contribution in [0.5, 0.6) is 0 Å². The van der Waals surface area contributed by atoms with Crippen molar-refractivity contribution in [1.82, 2.24) is 0 Å². The van der Waals surface area contributed by atoms with Crippen LogP contribution in [-0.2, 0) is 9.53 Å². The molecule has 1 unspecified atom stereocenters. The van der Waals surface area contributed by atoms with Crippen LogP contribution in [0.1, 0.15) is 6.92 Å². The molecule has 1 aliphatic heterocycles. The minimum atomic E-state index is -1.08. The van der Waals surface area contributed by atoms with Gasteiger partial charge in [0, 0.05) is 5.57 Å². The molecule has 76 valence electrons. The molecule has 0 aromatic heterocycles. The van der Waals surface area contributed by atoms with Crippen LogP contribution < -0.4 is 0 Å². The van der Waals surface area contributed by atoms with Gasteiger partial charge >= 0.3 is 5.97 Å². The first-order valence-electron chi connectivity index (χ1n) is 4.88. The fraction of sp³-hybridized carbons (Fsp3) is 0.250. The van der Waals surface area contributed by atoms with Crippen molar-refractivity contribution in [2.75, 3.05) is 0 Å². The van der Waals surface area contributed by atoms with Crippen molar-refractivity contribution < 1.29 is 14.6 Å². The molecule has 4 aliphatic rings. The molecular weight excluding hydrogens is 192 g/mol. The first kappa shape index (κ1) is 8.68. The van der Waals surface area contributed by atoms with Crippen molar-refractivity contribution in [3.05, 3.63) is 46.6 Å². The molecule has 2 atom stereocenters. The van der Waals surface area contributed by atoms with E-state index < -0.39 is 12.2 Å². The molecule has 4 rings (SSSR count). The molecule has 0 saturated carbocycles. The largest absolute Gasteiger partial charge is 0.431 e. The molecule has 2 bridgehead atoms. The van der Waals surface area contributed by atoms with Crippen molar-refractivity contribution in [3.63, 3.8) is 0 Å². The highest BCUT2D eigenvalue weighted by atomic mass is 16.6. The molecule has 0 spiro atoms. The number of fused-ring (bicyclic) bond motifs is 1. The predicted octanol–water partition coefficient (Wildman–Crippen LogP) is 1.23. The molecule has 15 heavy (non-hydrogen) atoms.